The molecule has 0 aliphatic heterocycles. The number of halogens is 2. The Labute approximate surface area is 102 Å². The molecule has 0 amide bonds. The number of benzene rings is 1. The molecule has 0 heterocycles. The third kappa shape index (κ3) is 3.37. The van der Waals surface area contributed by atoms with E-state index in [0.717, 1.165) is 15.4 Å². The standard InChI is InChI=1S/C11H15Br2N/c1-2-3-4-11(14)9-7-8(12)5-6-10(9)13/h5-7,11H,2-4,14H2,1H3. The molecular weight excluding hydrogens is 306 g/mol. The second-order valence-electron chi connectivity index (χ2n) is 3.41. The van der Waals surface area contributed by atoms with Crippen molar-refractivity contribution in [1.29, 1.82) is 0 Å². The molecule has 1 unspecified atom stereocenters. The lowest BCUT2D eigenvalue weighted by molar-refractivity contribution is 0.601. The average Bonchev–Trinajstić information content (AvgIpc) is 2.18. The molecule has 0 aliphatic carbocycles. The van der Waals surface area contributed by atoms with Gasteiger partial charge in [-0.15, -0.1) is 0 Å². The molecular formula is C11H15Br2N. The van der Waals surface area contributed by atoms with Crippen molar-refractivity contribution >= 4 is 31.9 Å². The van der Waals surface area contributed by atoms with E-state index in [0.29, 0.717) is 0 Å². The summed E-state index contributed by atoms with van der Waals surface area (Å²) in [4.78, 5) is 0. The molecule has 1 aromatic carbocycles. The van der Waals surface area contributed by atoms with Gasteiger partial charge in [-0.3, -0.25) is 0 Å². The smallest absolute Gasteiger partial charge is 0.0306 e. The van der Waals surface area contributed by atoms with Crippen LogP contribution < -0.4 is 5.73 Å². The van der Waals surface area contributed by atoms with Crippen molar-refractivity contribution in [2.45, 2.75) is 32.2 Å². The average molecular weight is 321 g/mol. The van der Waals surface area contributed by atoms with Gasteiger partial charge in [0.1, 0.15) is 0 Å². The van der Waals surface area contributed by atoms with Gasteiger partial charge in [0, 0.05) is 15.0 Å². The van der Waals surface area contributed by atoms with Crippen molar-refractivity contribution < 1.29 is 0 Å². The van der Waals surface area contributed by atoms with E-state index in [1.165, 1.54) is 18.4 Å². The van der Waals surface area contributed by atoms with Gasteiger partial charge in [-0.1, -0.05) is 51.6 Å². The maximum atomic E-state index is 6.10. The number of hydrogen-bond donors (Lipinski definition) is 1. The fraction of sp³-hybridized carbons (Fsp3) is 0.455. The maximum absolute atomic E-state index is 6.10. The van der Waals surface area contributed by atoms with E-state index in [4.69, 9.17) is 5.73 Å². The summed E-state index contributed by atoms with van der Waals surface area (Å²) in [7, 11) is 0. The van der Waals surface area contributed by atoms with Gasteiger partial charge in [0.15, 0.2) is 0 Å². The highest BCUT2D eigenvalue weighted by molar-refractivity contribution is 9.11. The fourth-order valence-electron chi connectivity index (χ4n) is 1.38. The number of nitrogens with two attached hydrogens (primary N) is 1. The SMILES string of the molecule is CCCCC(N)c1cc(Br)ccc1Br. The minimum atomic E-state index is 0.141. The van der Waals surface area contributed by atoms with E-state index < -0.39 is 0 Å². The second-order valence-corrected chi connectivity index (χ2v) is 5.18. The van der Waals surface area contributed by atoms with Gasteiger partial charge in [-0.25, -0.2) is 0 Å². The van der Waals surface area contributed by atoms with Crippen LogP contribution in [-0.4, -0.2) is 0 Å². The van der Waals surface area contributed by atoms with Crippen LogP contribution in [0.1, 0.15) is 37.8 Å². The predicted octanol–water partition coefficient (Wildman–Crippen LogP) is 4.40. The van der Waals surface area contributed by atoms with Crippen molar-refractivity contribution in [2.24, 2.45) is 5.73 Å². The molecule has 0 saturated heterocycles. The molecule has 1 rings (SSSR count). The largest absolute Gasteiger partial charge is 0.324 e. The first-order valence-electron chi connectivity index (χ1n) is 4.85. The van der Waals surface area contributed by atoms with Gasteiger partial charge in [-0.2, -0.15) is 0 Å². The van der Waals surface area contributed by atoms with Gasteiger partial charge < -0.3 is 5.73 Å². The lowest BCUT2D eigenvalue weighted by Crippen LogP contribution is -2.10. The molecule has 1 nitrogen and oxygen atoms in total. The third-order valence-corrected chi connectivity index (χ3v) is 3.44. The summed E-state index contributed by atoms with van der Waals surface area (Å²) < 4.78 is 2.19. The first-order valence-corrected chi connectivity index (χ1v) is 6.44. The van der Waals surface area contributed by atoms with Crippen molar-refractivity contribution in [3.8, 4) is 0 Å². The molecule has 14 heavy (non-hydrogen) atoms. The fourth-order valence-corrected chi connectivity index (χ4v) is 2.30. The predicted molar refractivity (Wildman–Crippen MR) is 68.3 cm³/mol. The van der Waals surface area contributed by atoms with Crippen molar-refractivity contribution in [3.63, 3.8) is 0 Å². The van der Waals surface area contributed by atoms with Crippen LogP contribution in [0.25, 0.3) is 0 Å². The molecule has 1 aromatic rings. The quantitative estimate of drug-likeness (QED) is 0.874. The minimum absolute atomic E-state index is 0.141. The van der Waals surface area contributed by atoms with Crippen LogP contribution in [0, 0.1) is 0 Å². The van der Waals surface area contributed by atoms with Crippen molar-refractivity contribution in [1.82, 2.24) is 0 Å². The van der Waals surface area contributed by atoms with Crippen LogP contribution in [0.3, 0.4) is 0 Å². The molecule has 0 spiro atoms. The van der Waals surface area contributed by atoms with E-state index in [-0.39, 0.29) is 6.04 Å². The molecule has 78 valence electrons. The lowest BCUT2D eigenvalue weighted by atomic mass is 10.0. The molecule has 0 aliphatic rings. The second kappa shape index (κ2) is 5.89. The van der Waals surface area contributed by atoms with Gasteiger partial charge in [-0.05, 0) is 30.2 Å². The Kier molecular flexibility index (Phi) is 5.13. The van der Waals surface area contributed by atoms with Crippen LogP contribution in [-0.2, 0) is 0 Å². The summed E-state index contributed by atoms with van der Waals surface area (Å²) in [5.41, 5.74) is 7.29. The molecule has 0 saturated carbocycles. The van der Waals surface area contributed by atoms with E-state index in [1.54, 1.807) is 0 Å². The van der Waals surface area contributed by atoms with E-state index in [2.05, 4.69) is 44.8 Å². The van der Waals surface area contributed by atoms with Gasteiger partial charge in [0.05, 0.1) is 0 Å². The normalized spacial score (nSPS) is 12.9. The highest BCUT2D eigenvalue weighted by Crippen LogP contribution is 2.28. The first kappa shape index (κ1) is 12.2. The van der Waals surface area contributed by atoms with E-state index in [9.17, 15) is 0 Å². The topological polar surface area (TPSA) is 26.0 Å². The Hall–Kier alpha value is 0.140. The Morgan fingerprint density at radius 2 is 2.07 bits per heavy atom. The highest BCUT2D eigenvalue weighted by Gasteiger charge is 2.09. The van der Waals surface area contributed by atoms with E-state index in [1.807, 2.05) is 12.1 Å². The molecule has 0 aromatic heterocycles. The van der Waals surface area contributed by atoms with E-state index >= 15 is 0 Å². The van der Waals surface area contributed by atoms with Gasteiger partial charge in [0.25, 0.3) is 0 Å². The van der Waals surface area contributed by atoms with Crippen molar-refractivity contribution in [2.75, 3.05) is 0 Å². The third-order valence-electron chi connectivity index (χ3n) is 2.23. The Bertz CT molecular complexity index is 299. The van der Waals surface area contributed by atoms with Gasteiger partial charge >= 0.3 is 0 Å². The minimum Gasteiger partial charge on any atom is -0.324 e. The Morgan fingerprint density at radius 1 is 1.36 bits per heavy atom. The lowest BCUT2D eigenvalue weighted by Gasteiger charge is -2.13. The zero-order chi connectivity index (χ0) is 10.6. The highest BCUT2D eigenvalue weighted by atomic mass is 79.9. The van der Waals surface area contributed by atoms with Crippen molar-refractivity contribution in [3.05, 3.63) is 32.7 Å². The maximum Gasteiger partial charge on any atom is 0.0306 e. The molecule has 3 heteroatoms. The molecule has 0 bridgehead atoms. The summed E-state index contributed by atoms with van der Waals surface area (Å²) in [6.45, 7) is 2.18. The summed E-state index contributed by atoms with van der Waals surface area (Å²) in [6.07, 6.45) is 3.42. The van der Waals surface area contributed by atoms with Crippen LogP contribution in [0.15, 0.2) is 27.1 Å². The Balaban J connectivity index is 2.77. The molecule has 1 atom stereocenters. The Morgan fingerprint density at radius 3 is 2.71 bits per heavy atom. The number of unbranched alkanes of at least 4 members (excludes halogenated alkanes) is 1. The molecule has 0 radical (unpaired) electrons. The monoisotopic (exact) mass is 319 g/mol. The first-order chi connectivity index (χ1) is 6.65. The molecule has 0 fully saturated rings. The number of rotatable bonds is 4. The van der Waals surface area contributed by atoms with Crippen LogP contribution >= 0.6 is 31.9 Å². The summed E-state index contributed by atoms with van der Waals surface area (Å²) in [6, 6.07) is 6.28. The summed E-state index contributed by atoms with van der Waals surface area (Å²) in [5, 5.41) is 0. The zero-order valence-electron chi connectivity index (χ0n) is 8.26. The molecule has 2 N–H and O–H groups in total. The number of hydrogen-bond acceptors (Lipinski definition) is 1. The zero-order valence-corrected chi connectivity index (χ0v) is 11.4. The summed E-state index contributed by atoms with van der Waals surface area (Å²) in [5.74, 6) is 0. The van der Waals surface area contributed by atoms with Gasteiger partial charge in [0.2, 0.25) is 0 Å². The van der Waals surface area contributed by atoms with Crippen LogP contribution in [0.4, 0.5) is 0 Å². The van der Waals surface area contributed by atoms with Crippen LogP contribution in [0.2, 0.25) is 0 Å². The summed E-state index contributed by atoms with van der Waals surface area (Å²) >= 11 is 6.98. The van der Waals surface area contributed by atoms with Crippen LogP contribution in [0.5, 0.6) is 0 Å².